The normalized spacial score (nSPS) is 12.3. The minimum absolute atomic E-state index is 0.00560. The van der Waals surface area contributed by atoms with Crippen molar-refractivity contribution in [2.45, 2.75) is 111 Å². The van der Waals surface area contributed by atoms with Crippen molar-refractivity contribution in [1.82, 2.24) is 18.3 Å². The van der Waals surface area contributed by atoms with Crippen molar-refractivity contribution in [1.29, 1.82) is 0 Å². The molecule has 10 heteroatoms. The highest BCUT2D eigenvalue weighted by Gasteiger charge is 2.28. The Hall–Kier alpha value is -3.04. The maximum Gasteiger partial charge on any atom is 0.331 e. The fourth-order valence-corrected chi connectivity index (χ4v) is 4.40. The standard InChI is InChI=1S/C25H40N4O6/c1-7-26-16-20(32)28(22(26)34)24(3,4)14-12-18(30)10-9-11-19(31)13-15-25(5,6)29-21(33)17-27(8-2)23(29)35/h16-17,32-33H,7-15H2,1-6H3. The molecule has 0 radical (unpaired) electrons. The van der Waals surface area contributed by atoms with Gasteiger partial charge in [-0.15, -0.1) is 0 Å². The number of hydrogen-bond acceptors (Lipinski definition) is 6. The molecule has 0 bridgehead atoms. The lowest BCUT2D eigenvalue weighted by Gasteiger charge is -2.26. The summed E-state index contributed by atoms with van der Waals surface area (Å²) in [5.41, 5.74) is -2.06. The Morgan fingerprint density at radius 2 is 1.06 bits per heavy atom. The van der Waals surface area contributed by atoms with Gasteiger partial charge in [-0.25, -0.2) is 9.59 Å². The number of aryl methyl sites for hydroxylation is 2. The zero-order valence-electron chi connectivity index (χ0n) is 21.8. The summed E-state index contributed by atoms with van der Waals surface area (Å²) in [5.74, 6) is -0.230. The summed E-state index contributed by atoms with van der Waals surface area (Å²) in [6.07, 6.45) is 5.04. The highest BCUT2D eigenvalue weighted by atomic mass is 16.3. The van der Waals surface area contributed by atoms with Gasteiger partial charge in [-0.05, 0) is 60.8 Å². The van der Waals surface area contributed by atoms with E-state index in [4.69, 9.17) is 0 Å². The molecule has 0 aliphatic carbocycles. The van der Waals surface area contributed by atoms with E-state index in [1.807, 2.05) is 41.5 Å². The van der Waals surface area contributed by atoms with Gasteiger partial charge in [0, 0.05) is 49.9 Å². The van der Waals surface area contributed by atoms with E-state index < -0.39 is 11.1 Å². The van der Waals surface area contributed by atoms with Crippen molar-refractivity contribution in [3.63, 3.8) is 0 Å². The van der Waals surface area contributed by atoms with Gasteiger partial charge in [0.2, 0.25) is 11.8 Å². The van der Waals surface area contributed by atoms with Crippen LogP contribution < -0.4 is 11.4 Å². The van der Waals surface area contributed by atoms with Gasteiger partial charge in [0.25, 0.3) is 0 Å². The van der Waals surface area contributed by atoms with Gasteiger partial charge in [-0.1, -0.05) is 0 Å². The van der Waals surface area contributed by atoms with Crippen molar-refractivity contribution in [3.8, 4) is 11.8 Å². The average molecular weight is 493 g/mol. The first kappa shape index (κ1) is 28.2. The Kier molecular flexibility index (Phi) is 8.97. The molecule has 196 valence electrons. The van der Waals surface area contributed by atoms with Crippen LogP contribution in [0.4, 0.5) is 0 Å². The van der Waals surface area contributed by atoms with Crippen LogP contribution in [0, 0.1) is 0 Å². The number of imidazole rings is 2. The Labute approximate surface area is 205 Å². The molecule has 0 amide bonds. The van der Waals surface area contributed by atoms with Crippen LogP contribution in [0.3, 0.4) is 0 Å². The molecular formula is C25H40N4O6. The molecule has 10 nitrogen and oxygen atoms in total. The van der Waals surface area contributed by atoms with E-state index in [-0.39, 0.29) is 60.4 Å². The third-order valence-electron chi connectivity index (χ3n) is 6.71. The van der Waals surface area contributed by atoms with E-state index in [1.54, 1.807) is 0 Å². The van der Waals surface area contributed by atoms with E-state index in [0.717, 1.165) is 0 Å². The Bertz CT molecular complexity index is 1070. The second kappa shape index (κ2) is 11.1. The highest BCUT2D eigenvalue weighted by molar-refractivity contribution is 5.81. The minimum atomic E-state index is -0.723. The molecule has 0 aliphatic rings. The van der Waals surface area contributed by atoms with Gasteiger partial charge in [-0.3, -0.25) is 27.9 Å². The summed E-state index contributed by atoms with van der Waals surface area (Å²) in [7, 11) is 0. The maximum atomic E-state index is 12.4. The number of carbonyl (C=O) groups excluding carboxylic acids is 2. The van der Waals surface area contributed by atoms with Gasteiger partial charge >= 0.3 is 11.4 Å². The maximum absolute atomic E-state index is 12.4. The molecule has 0 saturated carbocycles. The fraction of sp³-hybridized carbons (Fsp3) is 0.680. The van der Waals surface area contributed by atoms with Crippen LogP contribution in [-0.4, -0.2) is 40.0 Å². The molecule has 2 rings (SSSR count). The van der Waals surface area contributed by atoms with Crippen molar-refractivity contribution in [3.05, 3.63) is 33.4 Å². The van der Waals surface area contributed by atoms with E-state index in [2.05, 4.69) is 0 Å². The second-order valence-corrected chi connectivity index (χ2v) is 10.3. The second-order valence-electron chi connectivity index (χ2n) is 10.3. The van der Waals surface area contributed by atoms with Crippen LogP contribution in [0.1, 0.15) is 86.5 Å². The Balaban J connectivity index is 1.82. The van der Waals surface area contributed by atoms with Crippen molar-refractivity contribution in [2.75, 3.05) is 0 Å². The van der Waals surface area contributed by atoms with Gasteiger partial charge in [0.15, 0.2) is 0 Å². The lowest BCUT2D eigenvalue weighted by Crippen LogP contribution is -2.37. The summed E-state index contributed by atoms with van der Waals surface area (Å²) in [6, 6.07) is 0. The lowest BCUT2D eigenvalue weighted by molar-refractivity contribution is -0.121. The molecule has 0 saturated heterocycles. The van der Waals surface area contributed by atoms with Crippen LogP contribution >= 0.6 is 0 Å². The number of Topliss-reactive ketones (excluding diaryl/α,β-unsaturated/α-hetero) is 2. The zero-order valence-corrected chi connectivity index (χ0v) is 21.8. The third kappa shape index (κ3) is 6.55. The van der Waals surface area contributed by atoms with Gasteiger partial charge in [0.05, 0.1) is 12.4 Å². The molecular weight excluding hydrogens is 452 g/mol. The fourth-order valence-electron chi connectivity index (χ4n) is 4.40. The first-order valence-corrected chi connectivity index (χ1v) is 12.3. The largest absolute Gasteiger partial charge is 0.493 e. The molecule has 2 aromatic heterocycles. The van der Waals surface area contributed by atoms with Crippen LogP contribution in [0.15, 0.2) is 22.0 Å². The summed E-state index contributed by atoms with van der Waals surface area (Å²) < 4.78 is 5.46. The summed E-state index contributed by atoms with van der Waals surface area (Å²) in [6.45, 7) is 11.8. The molecule has 0 fully saturated rings. The third-order valence-corrected chi connectivity index (χ3v) is 6.71. The molecule has 0 atom stereocenters. The summed E-state index contributed by atoms with van der Waals surface area (Å²) in [4.78, 5) is 49.7. The number of rotatable bonds is 14. The molecule has 0 aliphatic heterocycles. The van der Waals surface area contributed by atoms with Gasteiger partial charge in [-0.2, -0.15) is 0 Å². The van der Waals surface area contributed by atoms with Crippen LogP contribution in [0.2, 0.25) is 0 Å². The number of hydrogen-bond donors (Lipinski definition) is 2. The number of carbonyl (C=O) groups is 2. The number of nitrogens with zero attached hydrogens (tertiary/aromatic N) is 4. The molecule has 2 N–H and O–H groups in total. The molecule has 2 heterocycles. The predicted octanol–water partition coefficient (Wildman–Crippen LogP) is 3.10. The van der Waals surface area contributed by atoms with Gasteiger partial charge < -0.3 is 10.2 Å². The quantitative estimate of drug-likeness (QED) is 0.417. The molecule has 0 unspecified atom stereocenters. The van der Waals surface area contributed by atoms with Crippen molar-refractivity contribution >= 4 is 11.6 Å². The first-order valence-electron chi connectivity index (χ1n) is 12.3. The van der Waals surface area contributed by atoms with Crippen LogP contribution in [0.25, 0.3) is 0 Å². The van der Waals surface area contributed by atoms with Crippen LogP contribution in [-0.2, 0) is 33.8 Å². The molecule has 2 aromatic rings. The van der Waals surface area contributed by atoms with E-state index in [9.17, 15) is 29.4 Å². The number of aromatic nitrogens is 4. The first-order chi connectivity index (χ1) is 16.2. The molecule has 0 aromatic carbocycles. The topological polar surface area (TPSA) is 128 Å². The highest BCUT2D eigenvalue weighted by Crippen LogP contribution is 2.27. The summed E-state index contributed by atoms with van der Waals surface area (Å²) in [5, 5.41) is 20.3. The SMILES string of the molecule is CCn1cc(O)n(C(C)(C)CCC(=O)CCCC(=O)CCC(C)(C)n2c(O)cn(CC)c2=O)c1=O. The molecule has 0 spiro atoms. The van der Waals surface area contributed by atoms with E-state index >= 15 is 0 Å². The Morgan fingerprint density at radius 1 is 0.714 bits per heavy atom. The number of ketones is 2. The number of aromatic hydroxyl groups is 2. The van der Waals surface area contributed by atoms with Crippen molar-refractivity contribution < 1.29 is 19.8 Å². The van der Waals surface area contributed by atoms with Crippen LogP contribution in [0.5, 0.6) is 11.8 Å². The summed E-state index contributed by atoms with van der Waals surface area (Å²) >= 11 is 0. The minimum Gasteiger partial charge on any atom is -0.493 e. The van der Waals surface area contributed by atoms with Gasteiger partial charge in [0.1, 0.15) is 11.6 Å². The lowest BCUT2D eigenvalue weighted by atomic mass is 9.93. The van der Waals surface area contributed by atoms with E-state index in [1.165, 1.54) is 30.7 Å². The Morgan fingerprint density at radius 3 is 1.34 bits per heavy atom. The monoisotopic (exact) mass is 492 g/mol. The predicted molar refractivity (Wildman–Crippen MR) is 133 cm³/mol. The smallest absolute Gasteiger partial charge is 0.331 e. The van der Waals surface area contributed by atoms with Crippen molar-refractivity contribution in [2.24, 2.45) is 0 Å². The van der Waals surface area contributed by atoms with E-state index in [0.29, 0.717) is 32.4 Å². The zero-order chi connectivity index (χ0) is 26.6. The molecule has 35 heavy (non-hydrogen) atoms. The average Bonchev–Trinajstić information content (AvgIpc) is 3.24.